The third-order valence-corrected chi connectivity index (χ3v) is 3.30. The molecule has 0 atom stereocenters. The number of aromatic nitrogens is 1. The molecule has 7 nitrogen and oxygen atoms in total. The first kappa shape index (κ1) is 19.4. The van der Waals surface area contributed by atoms with E-state index in [1.807, 2.05) is 39.0 Å². The Bertz CT molecular complexity index is 752. The highest BCUT2D eigenvalue weighted by molar-refractivity contribution is 5.92. The van der Waals surface area contributed by atoms with Crippen molar-refractivity contribution < 1.29 is 14.2 Å². The molecule has 1 heterocycles. The SMILES string of the molecule is COc1ccc(NC(N)=NCc2ccc(OC(C)(C)C)nc2)cc1OC. The molecule has 0 aliphatic heterocycles. The number of ether oxygens (including phenoxy) is 3. The van der Waals surface area contributed by atoms with Gasteiger partial charge in [0, 0.05) is 24.0 Å². The smallest absolute Gasteiger partial charge is 0.213 e. The fourth-order valence-corrected chi connectivity index (χ4v) is 2.16. The molecule has 140 valence electrons. The standard InChI is InChI=1S/C19H26N4O3/c1-19(2,3)26-17-9-6-13(11-21-17)12-22-18(20)23-14-7-8-15(24-4)16(10-14)25-5/h6-11H,12H2,1-5H3,(H3,20,22,23). The zero-order valence-corrected chi connectivity index (χ0v) is 15.9. The highest BCUT2D eigenvalue weighted by atomic mass is 16.5. The van der Waals surface area contributed by atoms with Crippen molar-refractivity contribution in [2.75, 3.05) is 19.5 Å². The van der Waals surface area contributed by atoms with Gasteiger partial charge in [-0.05, 0) is 38.5 Å². The summed E-state index contributed by atoms with van der Waals surface area (Å²) in [7, 11) is 3.17. The summed E-state index contributed by atoms with van der Waals surface area (Å²) < 4.78 is 16.2. The Hall–Kier alpha value is -2.96. The molecule has 2 rings (SSSR count). The van der Waals surface area contributed by atoms with E-state index in [2.05, 4.69) is 15.3 Å². The van der Waals surface area contributed by atoms with Gasteiger partial charge in [-0.3, -0.25) is 0 Å². The highest BCUT2D eigenvalue weighted by Gasteiger charge is 2.12. The van der Waals surface area contributed by atoms with Crippen LogP contribution in [0.2, 0.25) is 0 Å². The summed E-state index contributed by atoms with van der Waals surface area (Å²) in [5.74, 6) is 2.15. The number of hydrogen-bond donors (Lipinski definition) is 2. The van der Waals surface area contributed by atoms with E-state index in [9.17, 15) is 0 Å². The Kier molecular flexibility index (Phi) is 6.27. The quantitative estimate of drug-likeness (QED) is 0.609. The van der Waals surface area contributed by atoms with Gasteiger partial charge in [-0.15, -0.1) is 0 Å². The number of anilines is 1. The summed E-state index contributed by atoms with van der Waals surface area (Å²) in [6.07, 6.45) is 1.73. The molecule has 0 fully saturated rings. The monoisotopic (exact) mass is 358 g/mol. The number of pyridine rings is 1. The normalized spacial score (nSPS) is 11.8. The number of benzene rings is 1. The molecule has 0 saturated carbocycles. The lowest BCUT2D eigenvalue weighted by atomic mass is 10.2. The number of rotatable bonds is 6. The Morgan fingerprint density at radius 2 is 1.85 bits per heavy atom. The number of hydrogen-bond acceptors (Lipinski definition) is 5. The fourth-order valence-electron chi connectivity index (χ4n) is 2.16. The second kappa shape index (κ2) is 8.42. The zero-order valence-electron chi connectivity index (χ0n) is 15.9. The fraction of sp³-hybridized carbons (Fsp3) is 0.368. The van der Waals surface area contributed by atoms with Crippen LogP contribution in [0.15, 0.2) is 41.5 Å². The third kappa shape index (κ3) is 5.84. The maximum Gasteiger partial charge on any atom is 0.213 e. The van der Waals surface area contributed by atoms with Gasteiger partial charge in [0.15, 0.2) is 17.5 Å². The summed E-state index contributed by atoms with van der Waals surface area (Å²) in [5, 5.41) is 3.03. The van der Waals surface area contributed by atoms with Gasteiger partial charge >= 0.3 is 0 Å². The molecule has 0 bridgehead atoms. The Morgan fingerprint density at radius 3 is 2.42 bits per heavy atom. The van der Waals surface area contributed by atoms with E-state index in [0.717, 1.165) is 11.3 Å². The summed E-state index contributed by atoms with van der Waals surface area (Å²) >= 11 is 0. The van der Waals surface area contributed by atoms with Crippen LogP contribution in [0, 0.1) is 0 Å². The topological polar surface area (TPSA) is 91.0 Å². The van der Waals surface area contributed by atoms with Gasteiger partial charge < -0.3 is 25.3 Å². The minimum atomic E-state index is -0.277. The van der Waals surface area contributed by atoms with Crippen molar-refractivity contribution in [3.63, 3.8) is 0 Å². The van der Waals surface area contributed by atoms with Crippen molar-refractivity contribution in [1.29, 1.82) is 0 Å². The first-order valence-electron chi connectivity index (χ1n) is 8.23. The Labute approximate surface area is 154 Å². The van der Waals surface area contributed by atoms with Crippen LogP contribution in [0.1, 0.15) is 26.3 Å². The van der Waals surface area contributed by atoms with Gasteiger partial charge in [-0.2, -0.15) is 0 Å². The van der Waals surface area contributed by atoms with Crippen LogP contribution >= 0.6 is 0 Å². The van der Waals surface area contributed by atoms with Crippen molar-refractivity contribution >= 4 is 11.6 Å². The van der Waals surface area contributed by atoms with Gasteiger partial charge in [-0.25, -0.2) is 9.98 Å². The summed E-state index contributed by atoms with van der Waals surface area (Å²) in [6, 6.07) is 9.17. The van der Waals surface area contributed by atoms with E-state index < -0.39 is 0 Å². The van der Waals surface area contributed by atoms with Crippen LogP contribution in [-0.4, -0.2) is 30.8 Å². The predicted octanol–water partition coefficient (Wildman–Crippen LogP) is 3.20. The maximum absolute atomic E-state index is 5.95. The first-order chi connectivity index (χ1) is 12.3. The molecule has 0 amide bonds. The molecule has 0 aliphatic rings. The van der Waals surface area contributed by atoms with Gasteiger partial charge in [0.25, 0.3) is 0 Å². The molecule has 26 heavy (non-hydrogen) atoms. The maximum atomic E-state index is 5.95. The van der Waals surface area contributed by atoms with E-state index in [-0.39, 0.29) is 5.60 Å². The second-order valence-electron chi connectivity index (χ2n) is 6.62. The molecule has 7 heteroatoms. The summed E-state index contributed by atoms with van der Waals surface area (Å²) in [6.45, 7) is 6.35. The van der Waals surface area contributed by atoms with Crippen molar-refractivity contribution in [3.8, 4) is 17.4 Å². The molecular formula is C19H26N4O3. The predicted molar refractivity (Wildman–Crippen MR) is 103 cm³/mol. The lowest BCUT2D eigenvalue weighted by molar-refractivity contribution is 0.124. The van der Waals surface area contributed by atoms with Gasteiger partial charge in [0.2, 0.25) is 5.88 Å². The minimum Gasteiger partial charge on any atom is -0.493 e. The minimum absolute atomic E-state index is 0.277. The van der Waals surface area contributed by atoms with E-state index in [0.29, 0.717) is 29.9 Å². The number of nitrogens with two attached hydrogens (primary N) is 1. The Morgan fingerprint density at radius 1 is 1.12 bits per heavy atom. The summed E-state index contributed by atoms with van der Waals surface area (Å²) in [5.41, 5.74) is 7.37. The highest BCUT2D eigenvalue weighted by Crippen LogP contribution is 2.29. The van der Waals surface area contributed by atoms with Crippen LogP contribution in [0.25, 0.3) is 0 Å². The van der Waals surface area contributed by atoms with Crippen LogP contribution in [0.5, 0.6) is 17.4 Å². The first-order valence-corrected chi connectivity index (χ1v) is 8.23. The van der Waals surface area contributed by atoms with Crippen LogP contribution in [-0.2, 0) is 6.54 Å². The molecule has 0 spiro atoms. The lowest BCUT2D eigenvalue weighted by Gasteiger charge is -2.20. The molecule has 0 radical (unpaired) electrons. The third-order valence-electron chi connectivity index (χ3n) is 3.30. The van der Waals surface area contributed by atoms with E-state index in [4.69, 9.17) is 19.9 Å². The Balaban J connectivity index is 1.98. The zero-order chi connectivity index (χ0) is 19.2. The van der Waals surface area contributed by atoms with Crippen molar-refractivity contribution in [2.24, 2.45) is 10.7 Å². The molecule has 1 aromatic carbocycles. The molecule has 2 aromatic rings. The molecule has 1 aromatic heterocycles. The molecule has 0 aliphatic carbocycles. The number of nitrogens with zero attached hydrogens (tertiary/aromatic N) is 2. The number of aliphatic imine (C=N–C) groups is 1. The lowest BCUT2D eigenvalue weighted by Crippen LogP contribution is -2.23. The van der Waals surface area contributed by atoms with E-state index >= 15 is 0 Å². The van der Waals surface area contributed by atoms with Gasteiger partial charge in [0.05, 0.1) is 20.8 Å². The van der Waals surface area contributed by atoms with Crippen molar-refractivity contribution in [1.82, 2.24) is 4.98 Å². The molecule has 0 unspecified atom stereocenters. The largest absolute Gasteiger partial charge is 0.493 e. The van der Waals surface area contributed by atoms with E-state index in [1.165, 1.54) is 0 Å². The second-order valence-corrected chi connectivity index (χ2v) is 6.62. The average molecular weight is 358 g/mol. The van der Waals surface area contributed by atoms with Crippen molar-refractivity contribution in [2.45, 2.75) is 32.9 Å². The summed E-state index contributed by atoms with van der Waals surface area (Å²) in [4.78, 5) is 8.61. The van der Waals surface area contributed by atoms with Gasteiger partial charge in [-0.1, -0.05) is 6.07 Å². The molecular weight excluding hydrogens is 332 g/mol. The van der Waals surface area contributed by atoms with Crippen molar-refractivity contribution in [3.05, 3.63) is 42.1 Å². The average Bonchev–Trinajstić information content (AvgIpc) is 2.59. The number of nitrogens with one attached hydrogen (secondary N) is 1. The van der Waals surface area contributed by atoms with Gasteiger partial charge in [0.1, 0.15) is 5.60 Å². The van der Waals surface area contributed by atoms with E-state index in [1.54, 1.807) is 32.5 Å². The van der Waals surface area contributed by atoms with Crippen LogP contribution in [0.4, 0.5) is 5.69 Å². The molecule has 0 saturated heterocycles. The molecule has 3 N–H and O–H groups in total. The van der Waals surface area contributed by atoms with Crippen LogP contribution in [0.3, 0.4) is 0 Å². The van der Waals surface area contributed by atoms with Crippen LogP contribution < -0.4 is 25.3 Å². The number of guanidine groups is 1. The number of methoxy groups -OCH3 is 2.